The average molecular weight is 323 g/mol. The number of H-pyrrole nitrogens is 1. The molecule has 3 rings (SSSR count). The van der Waals surface area contributed by atoms with E-state index in [0.29, 0.717) is 5.92 Å². The third kappa shape index (κ3) is 2.17. The largest absolute Gasteiger partial charge is 0.495 e. The first-order chi connectivity index (χ1) is 9.22. The van der Waals surface area contributed by atoms with Crippen LogP contribution in [0.2, 0.25) is 0 Å². The summed E-state index contributed by atoms with van der Waals surface area (Å²) in [6.07, 6.45) is 2.47. The molecule has 1 aromatic carbocycles. The maximum Gasteiger partial charge on any atom is 0.142 e. The standard InChI is InChI=1S/C15H19BrN2O/c1-9-5-6-11(19-2)15-12(9)13(16)14(18-15)10-4-3-7-17-8-10/h5-6,10,17-18H,3-4,7-8H2,1-2H3. The fourth-order valence-corrected chi connectivity index (χ4v) is 3.90. The van der Waals surface area contributed by atoms with Gasteiger partial charge in [0.15, 0.2) is 0 Å². The minimum Gasteiger partial charge on any atom is -0.495 e. The molecule has 102 valence electrons. The van der Waals surface area contributed by atoms with E-state index in [2.05, 4.69) is 39.2 Å². The van der Waals surface area contributed by atoms with E-state index in [1.165, 1.54) is 34.0 Å². The number of methoxy groups -OCH3 is 1. The highest BCUT2D eigenvalue weighted by molar-refractivity contribution is 9.10. The van der Waals surface area contributed by atoms with Crippen molar-refractivity contribution in [2.24, 2.45) is 0 Å². The van der Waals surface area contributed by atoms with Gasteiger partial charge in [0, 0.05) is 28.0 Å². The molecule has 1 aromatic heterocycles. The third-order valence-corrected chi connectivity index (χ3v) is 4.84. The van der Waals surface area contributed by atoms with Gasteiger partial charge in [0.05, 0.1) is 12.6 Å². The molecule has 2 heterocycles. The molecule has 0 aliphatic carbocycles. The Balaban J connectivity index is 2.16. The van der Waals surface area contributed by atoms with Crippen LogP contribution in [0.5, 0.6) is 5.75 Å². The van der Waals surface area contributed by atoms with Crippen molar-refractivity contribution in [2.45, 2.75) is 25.7 Å². The molecule has 0 radical (unpaired) electrons. The highest BCUT2D eigenvalue weighted by Crippen LogP contribution is 2.39. The van der Waals surface area contributed by atoms with Gasteiger partial charge in [-0.15, -0.1) is 0 Å². The highest BCUT2D eigenvalue weighted by atomic mass is 79.9. The van der Waals surface area contributed by atoms with Crippen molar-refractivity contribution in [3.05, 3.63) is 27.9 Å². The Morgan fingerprint density at radius 2 is 2.21 bits per heavy atom. The van der Waals surface area contributed by atoms with Crippen LogP contribution in [-0.2, 0) is 0 Å². The number of piperidine rings is 1. The number of ether oxygens (including phenoxy) is 1. The summed E-state index contributed by atoms with van der Waals surface area (Å²) in [6.45, 7) is 4.33. The number of hydrogen-bond acceptors (Lipinski definition) is 2. The number of nitrogens with one attached hydrogen (secondary N) is 2. The lowest BCUT2D eigenvalue weighted by Gasteiger charge is -2.22. The number of aryl methyl sites for hydroxylation is 1. The minimum absolute atomic E-state index is 0.555. The Morgan fingerprint density at radius 3 is 2.89 bits per heavy atom. The van der Waals surface area contributed by atoms with Gasteiger partial charge in [0.25, 0.3) is 0 Å². The Hall–Kier alpha value is -1.00. The van der Waals surface area contributed by atoms with Crippen LogP contribution in [0.15, 0.2) is 16.6 Å². The normalized spacial score (nSPS) is 19.8. The molecule has 0 saturated carbocycles. The van der Waals surface area contributed by atoms with Crippen molar-refractivity contribution >= 4 is 26.8 Å². The average Bonchev–Trinajstić information content (AvgIpc) is 2.79. The van der Waals surface area contributed by atoms with Crippen LogP contribution < -0.4 is 10.1 Å². The molecule has 2 N–H and O–H groups in total. The molecular weight excluding hydrogens is 304 g/mol. The maximum atomic E-state index is 5.47. The fraction of sp³-hybridized carbons (Fsp3) is 0.467. The topological polar surface area (TPSA) is 37.0 Å². The zero-order valence-corrected chi connectivity index (χ0v) is 12.9. The lowest BCUT2D eigenvalue weighted by atomic mass is 9.96. The molecule has 3 nitrogen and oxygen atoms in total. The molecule has 2 aromatic rings. The van der Waals surface area contributed by atoms with Gasteiger partial charge in [-0.2, -0.15) is 0 Å². The van der Waals surface area contributed by atoms with E-state index in [1.54, 1.807) is 7.11 Å². The van der Waals surface area contributed by atoms with Gasteiger partial charge in [-0.3, -0.25) is 0 Å². The van der Waals surface area contributed by atoms with Crippen LogP contribution in [0, 0.1) is 6.92 Å². The van der Waals surface area contributed by atoms with Gasteiger partial charge in [0.2, 0.25) is 0 Å². The number of aromatic nitrogens is 1. The molecular formula is C15H19BrN2O. The van der Waals surface area contributed by atoms with E-state index in [4.69, 9.17) is 4.74 Å². The van der Waals surface area contributed by atoms with Gasteiger partial charge in [-0.1, -0.05) is 6.07 Å². The highest BCUT2D eigenvalue weighted by Gasteiger charge is 2.22. The first-order valence-corrected chi connectivity index (χ1v) is 7.57. The number of aromatic amines is 1. The van der Waals surface area contributed by atoms with Crippen molar-refractivity contribution in [3.8, 4) is 5.75 Å². The first-order valence-electron chi connectivity index (χ1n) is 6.77. The quantitative estimate of drug-likeness (QED) is 0.884. The molecule has 1 fully saturated rings. The lowest BCUT2D eigenvalue weighted by Crippen LogP contribution is -2.28. The summed E-state index contributed by atoms with van der Waals surface area (Å²) in [6, 6.07) is 4.15. The Labute approximate surface area is 121 Å². The number of benzene rings is 1. The van der Waals surface area contributed by atoms with Crippen LogP contribution in [0.3, 0.4) is 0 Å². The van der Waals surface area contributed by atoms with Crippen LogP contribution in [-0.4, -0.2) is 25.2 Å². The van der Waals surface area contributed by atoms with Crippen molar-refractivity contribution in [1.82, 2.24) is 10.3 Å². The monoisotopic (exact) mass is 322 g/mol. The first kappa shape index (κ1) is 13.0. The van der Waals surface area contributed by atoms with E-state index < -0.39 is 0 Å². The van der Waals surface area contributed by atoms with Gasteiger partial charge in [-0.25, -0.2) is 0 Å². The molecule has 0 amide bonds. The minimum atomic E-state index is 0.555. The fourth-order valence-electron chi connectivity index (χ4n) is 2.97. The SMILES string of the molecule is COc1ccc(C)c2c(Br)c(C3CCCNC3)[nH]c12. The number of rotatable bonds is 2. The number of halogens is 1. The molecule has 0 bridgehead atoms. The van der Waals surface area contributed by atoms with Crippen molar-refractivity contribution in [2.75, 3.05) is 20.2 Å². The Morgan fingerprint density at radius 1 is 1.37 bits per heavy atom. The number of fused-ring (bicyclic) bond motifs is 1. The van der Waals surface area contributed by atoms with Gasteiger partial charge in [-0.05, 0) is 53.9 Å². The predicted octanol–water partition coefficient (Wildman–Crippen LogP) is 3.71. The smallest absolute Gasteiger partial charge is 0.142 e. The van der Waals surface area contributed by atoms with Crippen LogP contribution in [0.25, 0.3) is 10.9 Å². The van der Waals surface area contributed by atoms with Gasteiger partial charge < -0.3 is 15.0 Å². The van der Waals surface area contributed by atoms with Gasteiger partial charge >= 0.3 is 0 Å². The zero-order valence-electron chi connectivity index (χ0n) is 11.3. The molecule has 0 spiro atoms. The van der Waals surface area contributed by atoms with E-state index in [9.17, 15) is 0 Å². The molecule has 1 atom stereocenters. The maximum absolute atomic E-state index is 5.47. The summed E-state index contributed by atoms with van der Waals surface area (Å²) in [5.41, 5.74) is 3.68. The van der Waals surface area contributed by atoms with E-state index in [1.807, 2.05) is 6.07 Å². The zero-order chi connectivity index (χ0) is 13.4. The van der Waals surface area contributed by atoms with Crippen molar-refractivity contribution in [3.63, 3.8) is 0 Å². The van der Waals surface area contributed by atoms with Crippen molar-refractivity contribution < 1.29 is 4.74 Å². The summed E-state index contributed by atoms with van der Waals surface area (Å²) in [4.78, 5) is 3.58. The summed E-state index contributed by atoms with van der Waals surface area (Å²) in [7, 11) is 1.72. The molecule has 1 unspecified atom stereocenters. The molecule has 4 heteroatoms. The third-order valence-electron chi connectivity index (χ3n) is 4.02. The summed E-state index contributed by atoms with van der Waals surface area (Å²) >= 11 is 3.79. The Kier molecular flexibility index (Phi) is 3.54. The molecule has 19 heavy (non-hydrogen) atoms. The summed E-state index contributed by atoms with van der Waals surface area (Å²) < 4.78 is 6.67. The van der Waals surface area contributed by atoms with Gasteiger partial charge in [0.1, 0.15) is 5.75 Å². The molecule has 1 aliphatic heterocycles. The molecule has 1 saturated heterocycles. The van der Waals surface area contributed by atoms with Crippen LogP contribution in [0.4, 0.5) is 0 Å². The van der Waals surface area contributed by atoms with E-state index >= 15 is 0 Å². The number of hydrogen-bond donors (Lipinski definition) is 2. The Bertz CT molecular complexity index is 600. The summed E-state index contributed by atoms with van der Waals surface area (Å²) in [5.74, 6) is 1.47. The van der Waals surface area contributed by atoms with E-state index in [-0.39, 0.29) is 0 Å². The summed E-state index contributed by atoms with van der Waals surface area (Å²) in [5, 5.41) is 4.73. The second-order valence-electron chi connectivity index (χ2n) is 5.23. The molecule has 1 aliphatic rings. The second kappa shape index (κ2) is 5.17. The van der Waals surface area contributed by atoms with E-state index in [0.717, 1.165) is 24.4 Å². The second-order valence-corrected chi connectivity index (χ2v) is 6.02. The predicted molar refractivity (Wildman–Crippen MR) is 82.1 cm³/mol. The lowest BCUT2D eigenvalue weighted by molar-refractivity contribution is 0.418. The van der Waals surface area contributed by atoms with Crippen LogP contribution >= 0.6 is 15.9 Å². The van der Waals surface area contributed by atoms with Crippen molar-refractivity contribution in [1.29, 1.82) is 0 Å². The van der Waals surface area contributed by atoms with Crippen LogP contribution in [0.1, 0.15) is 30.0 Å².